The first-order chi connectivity index (χ1) is 12.9. The largest absolute Gasteiger partial charge is 0.497 e. The van der Waals surface area contributed by atoms with E-state index in [0.717, 1.165) is 19.3 Å². The van der Waals surface area contributed by atoms with Gasteiger partial charge in [-0.3, -0.25) is 15.1 Å². The summed E-state index contributed by atoms with van der Waals surface area (Å²) in [7, 11) is -2.28. The van der Waals surface area contributed by atoms with Gasteiger partial charge in [0.1, 0.15) is 15.6 Å². The predicted molar refractivity (Wildman–Crippen MR) is 98.2 cm³/mol. The van der Waals surface area contributed by atoms with Crippen LogP contribution in [0.4, 0.5) is 11.6 Å². The first-order valence-corrected chi connectivity index (χ1v) is 9.82. The van der Waals surface area contributed by atoms with Crippen molar-refractivity contribution in [2.24, 2.45) is 4.99 Å². The number of benzene rings is 1. The molecule has 0 N–H and O–H groups in total. The average Bonchev–Trinajstić information content (AvgIpc) is 3.16. The van der Waals surface area contributed by atoms with E-state index in [1.807, 2.05) is 0 Å². The number of nitrogens with zero attached hydrogens (tertiary/aromatic N) is 3. The summed E-state index contributed by atoms with van der Waals surface area (Å²) >= 11 is 0. The van der Waals surface area contributed by atoms with Crippen LogP contribution in [0.2, 0.25) is 0 Å². The zero-order valence-corrected chi connectivity index (χ0v) is 15.5. The van der Waals surface area contributed by atoms with Gasteiger partial charge in [-0.1, -0.05) is 6.42 Å². The minimum absolute atomic E-state index is 0.0288. The molecular formula is C17H19N3O6S. The van der Waals surface area contributed by atoms with E-state index in [2.05, 4.69) is 4.99 Å². The van der Waals surface area contributed by atoms with Crippen LogP contribution in [0.15, 0.2) is 44.6 Å². The number of piperidine rings is 1. The fourth-order valence-electron chi connectivity index (χ4n) is 2.82. The second kappa shape index (κ2) is 7.89. The van der Waals surface area contributed by atoms with Crippen LogP contribution in [-0.2, 0) is 10.0 Å². The quantitative estimate of drug-likeness (QED) is 0.423. The molecule has 0 unspecified atom stereocenters. The van der Waals surface area contributed by atoms with Gasteiger partial charge in [0.05, 0.1) is 25.1 Å². The molecule has 0 spiro atoms. The van der Waals surface area contributed by atoms with Gasteiger partial charge in [0.15, 0.2) is 5.76 Å². The van der Waals surface area contributed by atoms with Gasteiger partial charge in [-0.25, -0.2) is 8.42 Å². The highest BCUT2D eigenvalue weighted by molar-refractivity contribution is 7.89. The lowest BCUT2D eigenvalue weighted by atomic mass is 10.2. The molecule has 0 atom stereocenters. The lowest BCUT2D eigenvalue weighted by Crippen LogP contribution is -2.35. The van der Waals surface area contributed by atoms with Gasteiger partial charge < -0.3 is 9.15 Å². The molecule has 27 heavy (non-hydrogen) atoms. The number of furan rings is 1. The number of rotatable bonds is 6. The minimum Gasteiger partial charge on any atom is -0.497 e. The summed E-state index contributed by atoms with van der Waals surface area (Å²) in [6.45, 7) is 0.931. The smallest absolute Gasteiger partial charge is 0.433 e. The van der Waals surface area contributed by atoms with E-state index in [9.17, 15) is 18.5 Å². The highest BCUT2D eigenvalue weighted by Crippen LogP contribution is 2.32. The Morgan fingerprint density at radius 1 is 1.22 bits per heavy atom. The van der Waals surface area contributed by atoms with Gasteiger partial charge in [0.25, 0.3) is 0 Å². The molecule has 9 nitrogen and oxygen atoms in total. The average molecular weight is 393 g/mol. The van der Waals surface area contributed by atoms with Crippen LogP contribution < -0.4 is 4.74 Å². The fraction of sp³-hybridized carbons (Fsp3) is 0.353. The molecule has 1 saturated heterocycles. The third-order valence-electron chi connectivity index (χ3n) is 4.22. The van der Waals surface area contributed by atoms with Crippen LogP contribution in [-0.4, -0.2) is 44.1 Å². The van der Waals surface area contributed by atoms with Crippen molar-refractivity contribution in [1.82, 2.24) is 4.31 Å². The van der Waals surface area contributed by atoms with Crippen molar-refractivity contribution in [2.45, 2.75) is 24.2 Å². The number of nitro groups is 1. The fourth-order valence-corrected chi connectivity index (χ4v) is 4.49. The Labute approximate surface area is 156 Å². The lowest BCUT2D eigenvalue weighted by Gasteiger charge is -2.26. The number of aliphatic imine (C=N–C) groups is 1. The molecule has 2 heterocycles. The molecular weight excluding hydrogens is 374 g/mol. The zero-order chi connectivity index (χ0) is 19.4. The predicted octanol–water partition coefficient (Wildman–Crippen LogP) is 3.12. The summed E-state index contributed by atoms with van der Waals surface area (Å²) in [5.74, 6) is 0.143. The molecule has 0 amide bonds. The summed E-state index contributed by atoms with van der Waals surface area (Å²) in [6, 6.07) is 7.17. The van der Waals surface area contributed by atoms with Crippen molar-refractivity contribution >= 4 is 27.8 Å². The molecule has 1 aromatic heterocycles. The molecule has 1 aliphatic heterocycles. The van der Waals surface area contributed by atoms with E-state index in [1.54, 1.807) is 6.07 Å². The molecule has 0 bridgehead atoms. The van der Waals surface area contributed by atoms with E-state index in [0.29, 0.717) is 18.8 Å². The van der Waals surface area contributed by atoms with Crippen LogP contribution in [0, 0.1) is 10.1 Å². The van der Waals surface area contributed by atoms with Crippen molar-refractivity contribution in [3.05, 3.63) is 46.2 Å². The minimum atomic E-state index is -3.74. The van der Waals surface area contributed by atoms with Crippen molar-refractivity contribution < 1.29 is 22.5 Å². The number of methoxy groups -OCH3 is 1. The Hall–Kier alpha value is -2.72. The van der Waals surface area contributed by atoms with E-state index in [-0.39, 0.29) is 16.3 Å². The summed E-state index contributed by atoms with van der Waals surface area (Å²) in [5.41, 5.74) is 0.209. The lowest BCUT2D eigenvalue weighted by molar-refractivity contribution is -0.402. The van der Waals surface area contributed by atoms with Gasteiger partial charge in [-0.15, -0.1) is 0 Å². The van der Waals surface area contributed by atoms with Crippen LogP contribution in [0.3, 0.4) is 0 Å². The third-order valence-corrected chi connectivity index (χ3v) is 6.15. The Morgan fingerprint density at radius 3 is 2.59 bits per heavy atom. The van der Waals surface area contributed by atoms with Gasteiger partial charge >= 0.3 is 5.88 Å². The topological polar surface area (TPSA) is 115 Å². The van der Waals surface area contributed by atoms with Crippen molar-refractivity contribution in [2.75, 3.05) is 20.2 Å². The van der Waals surface area contributed by atoms with E-state index >= 15 is 0 Å². The molecule has 144 valence electrons. The van der Waals surface area contributed by atoms with Crippen LogP contribution in [0.25, 0.3) is 0 Å². The molecule has 0 saturated carbocycles. The van der Waals surface area contributed by atoms with Crippen LogP contribution in [0.5, 0.6) is 5.75 Å². The second-order valence-electron chi connectivity index (χ2n) is 5.99. The molecule has 2 aromatic rings. The SMILES string of the molecule is COc1ccc(N=Cc2ccc([N+](=O)[O-])o2)c(S(=O)(=O)N2CCCCC2)c1. The first kappa shape index (κ1) is 19.1. The Bertz CT molecular complexity index is 961. The molecule has 0 radical (unpaired) electrons. The normalized spacial score (nSPS) is 15.9. The molecule has 1 fully saturated rings. The standard InChI is InChI=1S/C17H19N3O6S/c1-25-13-5-7-15(18-12-14-6-8-17(26-14)20(21)22)16(11-13)27(23,24)19-9-3-2-4-10-19/h5-8,11-12H,2-4,9-10H2,1H3. The van der Waals surface area contributed by atoms with Crippen molar-refractivity contribution in [3.63, 3.8) is 0 Å². The highest BCUT2D eigenvalue weighted by atomic mass is 32.2. The Kier molecular flexibility index (Phi) is 5.57. The zero-order valence-electron chi connectivity index (χ0n) is 14.7. The van der Waals surface area contributed by atoms with E-state index < -0.39 is 20.8 Å². The monoisotopic (exact) mass is 393 g/mol. The molecule has 0 aliphatic carbocycles. The summed E-state index contributed by atoms with van der Waals surface area (Å²) < 4.78 is 37.8. The molecule has 1 aliphatic rings. The van der Waals surface area contributed by atoms with E-state index in [1.165, 1.54) is 41.9 Å². The third kappa shape index (κ3) is 4.17. The van der Waals surface area contributed by atoms with Gasteiger partial charge in [-0.05, 0) is 31.0 Å². The van der Waals surface area contributed by atoms with Crippen molar-refractivity contribution in [3.8, 4) is 5.75 Å². The maximum absolute atomic E-state index is 13.1. The molecule has 1 aromatic carbocycles. The molecule has 10 heteroatoms. The van der Waals surface area contributed by atoms with E-state index in [4.69, 9.17) is 9.15 Å². The maximum Gasteiger partial charge on any atom is 0.433 e. The number of sulfonamides is 1. The van der Waals surface area contributed by atoms with Gasteiger partial charge in [0.2, 0.25) is 10.0 Å². The summed E-state index contributed by atoms with van der Waals surface area (Å²) in [4.78, 5) is 14.2. The summed E-state index contributed by atoms with van der Waals surface area (Å²) in [6.07, 6.45) is 3.90. The molecule has 3 rings (SSSR count). The summed E-state index contributed by atoms with van der Waals surface area (Å²) in [5, 5.41) is 10.7. The number of hydrogen-bond acceptors (Lipinski definition) is 7. The van der Waals surface area contributed by atoms with Gasteiger partial charge in [-0.2, -0.15) is 4.31 Å². The highest BCUT2D eigenvalue weighted by Gasteiger charge is 2.28. The van der Waals surface area contributed by atoms with Crippen LogP contribution in [0.1, 0.15) is 25.0 Å². The Morgan fingerprint density at radius 2 is 1.96 bits per heavy atom. The Balaban J connectivity index is 1.97. The number of ether oxygens (including phenoxy) is 1. The van der Waals surface area contributed by atoms with Gasteiger partial charge in [0, 0.05) is 19.2 Å². The van der Waals surface area contributed by atoms with Crippen LogP contribution >= 0.6 is 0 Å². The number of hydrogen-bond donors (Lipinski definition) is 0. The second-order valence-corrected chi connectivity index (χ2v) is 7.90. The first-order valence-electron chi connectivity index (χ1n) is 8.38. The maximum atomic E-state index is 13.1. The van der Waals surface area contributed by atoms with Crippen molar-refractivity contribution in [1.29, 1.82) is 0 Å².